The van der Waals surface area contributed by atoms with Gasteiger partial charge in [-0.3, -0.25) is 4.79 Å². The molecule has 0 aromatic carbocycles. The molecule has 2 fully saturated rings. The van der Waals surface area contributed by atoms with Gasteiger partial charge in [-0.15, -0.1) is 0 Å². The zero-order valence-electron chi connectivity index (χ0n) is 13.9. The van der Waals surface area contributed by atoms with Crippen LogP contribution < -0.4 is 0 Å². The van der Waals surface area contributed by atoms with Crippen LogP contribution in [0.5, 0.6) is 0 Å². The van der Waals surface area contributed by atoms with Crippen LogP contribution in [0.1, 0.15) is 45.4 Å². The molecule has 126 valence electrons. The Labute approximate surface area is 139 Å². The highest BCUT2D eigenvalue weighted by Crippen LogP contribution is 2.42. The van der Waals surface area contributed by atoms with Crippen molar-refractivity contribution >= 4 is 5.97 Å². The molecule has 1 heterocycles. The molecule has 4 atom stereocenters. The zero-order valence-corrected chi connectivity index (χ0v) is 13.9. The average molecular weight is 316 g/mol. The van der Waals surface area contributed by atoms with E-state index < -0.39 is 6.10 Å². The third-order valence-electron chi connectivity index (χ3n) is 4.49. The van der Waals surface area contributed by atoms with Crippen molar-refractivity contribution in [3.63, 3.8) is 0 Å². The van der Waals surface area contributed by atoms with E-state index in [4.69, 9.17) is 4.74 Å². The number of esters is 1. The molecule has 0 radical (unpaired) electrons. The van der Waals surface area contributed by atoms with Gasteiger partial charge in [0.15, 0.2) is 0 Å². The summed E-state index contributed by atoms with van der Waals surface area (Å²) < 4.78 is 5.36. The Morgan fingerprint density at radius 3 is 2.26 bits per heavy atom. The molecule has 0 amide bonds. The Morgan fingerprint density at radius 1 is 1.00 bits per heavy atom. The molecule has 0 aromatic heterocycles. The Balaban J connectivity index is 1.66. The maximum absolute atomic E-state index is 11.7. The van der Waals surface area contributed by atoms with Gasteiger partial charge in [0, 0.05) is 5.92 Å². The molecule has 0 bridgehead atoms. The van der Waals surface area contributed by atoms with Gasteiger partial charge in [-0.2, -0.15) is 0 Å². The van der Waals surface area contributed by atoms with Crippen LogP contribution in [0, 0.1) is 11.8 Å². The molecule has 0 unspecified atom stereocenters. The van der Waals surface area contributed by atoms with E-state index in [2.05, 4.69) is 43.4 Å². The van der Waals surface area contributed by atoms with Crippen LogP contribution in [0.3, 0.4) is 0 Å². The molecular weight excluding hydrogens is 288 g/mol. The summed E-state index contributed by atoms with van der Waals surface area (Å²) >= 11 is 0. The Kier molecular flexibility index (Phi) is 7.34. The number of carbonyl (C=O) groups excluding carboxylic acids is 1. The standard InChI is InChI=1S/C20H28O3/c1-2-3-4-5-6-7-8-9-10-11-12-13-18-19-16(20(22)23-18)14-15-17(19)21/h3-4,6-7,9-10,12-13,16-19,21H,2,5,8,11,14-15H2,1H3/b4-3-,7-6-,10-9-,13-12-/t16-,17+,18-,19-/m1/s1. The fourth-order valence-corrected chi connectivity index (χ4v) is 3.29. The first-order valence-corrected chi connectivity index (χ1v) is 8.74. The Hall–Kier alpha value is -1.61. The summed E-state index contributed by atoms with van der Waals surface area (Å²) in [4.78, 5) is 11.7. The van der Waals surface area contributed by atoms with Gasteiger partial charge in [0.25, 0.3) is 0 Å². The predicted octanol–water partition coefficient (Wildman–Crippen LogP) is 4.10. The smallest absolute Gasteiger partial charge is 0.310 e. The number of carbonyl (C=O) groups is 1. The second-order valence-corrected chi connectivity index (χ2v) is 6.19. The van der Waals surface area contributed by atoms with E-state index >= 15 is 0 Å². The molecule has 2 aliphatic rings. The minimum absolute atomic E-state index is 0.0400. The summed E-state index contributed by atoms with van der Waals surface area (Å²) in [5.74, 6) is -0.275. The largest absolute Gasteiger partial charge is 0.457 e. The lowest BCUT2D eigenvalue weighted by molar-refractivity contribution is -0.143. The van der Waals surface area contributed by atoms with Crippen molar-refractivity contribution in [3.8, 4) is 0 Å². The Bertz CT molecular complexity index is 487. The van der Waals surface area contributed by atoms with Gasteiger partial charge in [0.2, 0.25) is 0 Å². The zero-order chi connectivity index (χ0) is 16.5. The van der Waals surface area contributed by atoms with Crippen molar-refractivity contribution in [3.05, 3.63) is 48.6 Å². The van der Waals surface area contributed by atoms with E-state index in [1.165, 1.54) is 0 Å². The van der Waals surface area contributed by atoms with Crippen LogP contribution in [0.15, 0.2) is 48.6 Å². The molecule has 1 N–H and O–H groups in total. The van der Waals surface area contributed by atoms with Gasteiger partial charge in [0.05, 0.1) is 12.0 Å². The minimum Gasteiger partial charge on any atom is -0.457 e. The number of hydrogen-bond acceptors (Lipinski definition) is 3. The molecule has 1 saturated heterocycles. The van der Waals surface area contributed by atoms with Gasteiger partial charge in [-0.1, -0.05) is 49.5 Å². The molecular formula is C20H28O3. The van der Waals surface area contributed by atoms with Crippen molar-refractivity contribution in [2.45, 2.75) is 57.7 Å². The van der Waals surface area contributed by atoms with E-state index in [1.807, 2.05) is 12.2 Å². The number of cyclic esters (lactones) is 1. The highest BCUT2D eigenvalue weighted by molar-refractivity contribution is 5.76. The lowest BCUT2D eigenvalue weighted by Gasteiger charge is -2.15. The topological polar surface area (TPSA) is 46.5 Å². The quantitative estimate of drug-likeness (QED) is 0.541. The van der Waals surface area contributed by atoms with E-state index in [1.54, 1.807) is 0 Å². The van der Waals surface area contributed by atoms with Gasteiger partial charge in [-0.05, 0) is 44.6 Å². The number of rotatable bonds is 8. The molecule has 1 aliphatic heterocycles. The van der Waals surface area contributed by atoms with Crippen molar-refractivity contribution in [1.82, 2.24) is 0 Å². The van der Waals surface area contributed by atoms with Crippen molar-refractivity contribution in [1.29, 1.82) is 0 Å². The summed E-state index contributed by atoms with van der Waals surface area (Å²) in [5, 5.41) is 9.97. The fourth-order valence-electron chi connectivity index (χ4n) is 3.29. The first-order valence-electron chi connectivity index (χ1n) is 8.74. The van der Waals surface area contributed by atoms with Crippen LogP contribution in [-0.2, 0) is 9.53 Å². The first-order chi connectivity index (χ1) is 11.2. The highest BCUT2D eigenvalue weighted by atomic mass is 16.6. The number of allylic oxidation sites excluding steroid dienone is 7. The van der Waals surface area contributed by atoms with E-state index in [-0.39, 0.29) is 23.9 Å². The van der Waals surface area contributed by atoms with Gasteiger partial charge in [-0.25, -0.2) is 0 Å². The van der Waals surface area contributed by atoms with Gasteiger partial charge < -0.3 is 9.84 Å². The lowest BCUT2D eigenvalue weighted by Crippen LogP contribution is -2.25. The minimum atomic E-state index is -0.400. The maximum atomic E-state index is 11.7. The molecule has 0 aromatic rings. The van der Waals surface area contributed by atoms with Crippen LogP contribution >= 0.6 is 0 Å². The number of aliphatic hydroxyl groups is 1. The number of fused-ring (bicyclic) bond motifs is 1. The first kappa shape index (κ1) is 17.7. The molecule has 3 heteroatoms. The average Bonchev–Trinajstić information content (AvgIpc) is 3.07. The van der Waals surface area contributed by atoms with E-state index in [0.717, 1.165) is 32.1 Å². The van der Waals surface area contributed by atoms with Crippen LogP contribution in [0.4, 0.5) is 0 Å². The van der Waals surface area contributed by atoms with Crippen molar-refractivity contribution < 1.29 is 14.6 Å². The third kappa shape index (κ3) is 5.21. The SMILES string of the molecule is CC/C=C\C/C=C\C/C=C\C/C=C\[C@H]1OC(=O)[C@@H]2CC[C@H](O)[C@H]12. The number of hydrogen-bond donors (Lipinski definition) is 1. The summed E-state index contributed by atoms with van der Waals surface area (Å²) in [6.45, 7) is 2.14. The second kappa shape index (κ2) is 9.51. The number of ether oxygens (including phenoxy) is 1. The second-order valence-electron chi connectivity index (χ2n) is 6.19. The van der Waals surface area contributed by atoms with Crippen molar-refractivity contribution in [2.24, 2.45) is 11.8 Å². The fraction of sp³-hybridized carbons (Fsp3) is 0.550. The van der Waals surface area contributed by atoms with E-state index in [9.17, 15) is 9.90 Å². The normalized spacial score (nSPS) is 31.1. The monoisotopic (exact) mass is 316 g/mol. The summed E-state index contributed by atoms with van der Waals surface area (Å²) in [6, 6.07) is 0. The predicted molar refractivity (Wildman–Crippen MR) is 92.8 cm³/mol. The van der Waals surface area contributed by atoms with Gasteiger partial charge >= 0.3 is 5.97 Å². The van der Waals surface area contributed by atoms with E-state index in [0.29, 0.717) is 6.42 Å². The van der Waals surface area contributed by atoms with Crippen LogP contribution in [-0.4, -0.2) is 23.3 Å². The summed E-state index contributed by atoms with van der Waals surface area (Å²) in [5.41, 5.74) is 0. The Morgan fingerprint density at radius 2 is 1.61 bits per heavy atom. The molecule has 3 nitrogen and oxygen atoms in total. The summed E-state index contributed by atoms with van der Waals surface area (Å²) in [7, 11) is 0. The van der Waals surface area contributed by atoms with Crippen LogP contribution in [0.25, 0.3) is 0 Å². The van der Waals surface area contributed by atoms with Crippen LogP contribution in [0.2, 0.25) is 0 Å². The number of aliphatic hydroxyl groups excluding tert-OH is 1. The molecule has 23 heavy (non-hydrogen) atoms. The third-order valence-corrected chi connectivity index (χ3v) is 4.49. The van der Waals surface area contributed by atoms with Crippen molar-refractivity contribution in [2.75, 3.05) is 0 Å². The molecule has 1 saturated carbocycles. The summed E-state index contributed by atoms with van der Waals surface area (Å²) in [6.07, 6.45) is 21.6. The highest BCUT2D eigenvalue weighted by Gasteiger charge is 2.50. The van der Waals surface area contributed by atoms with Gasteiger partial charge in [0.1, 0.15) is 6.10 Å². The maximum Gasteiger partial charge on any atom is 0.310 e. The molecule has 1 aliphatic carbocycles. The molecule has 2 rings (SSSR count). The lowest BCUT2D eigenvalue weighted by atomic mass is 9.92. The molecule has 0 spiro atoms.